The molecule has 1 rings (SSSR count). The summed E-state index contributed by atoms with van der Waals surface area (Å²) in [5.74, 6) is -0.912. The minimum absolute atomic E-state index is 0.0160. The molecule has 0 spiro atoms. The number of allylic oxidation sites excluding steroid dienone is 8. The van der Waals surface area contributed by atoms with Crippen LogP contribution in [0, 0.1) is 11.8 Å². The Morgan fingerprint density at radius 2 is 1.96 bits per heavy atom. The highest BCUT2D eigenvalue weighted by molar-refractivity contribution is 5.95. The third-order valence-corrected chi connectivity index (χ3v) is 4.17. The van der Waals surface area contributed by atoms with Gasteiger partial charge in [0, 0.05) is 18.3 Å². The Morgan fingerprint density at radius 1 is 1.19 bits per heavy atom. The van der Waals surface area contributed by atoms with Crippen molar-refractivity contribution in [2.75, 3.05) is 0 Å². The summed E-state index contributed by atoms with van der Waals surface area (Å²) < 4.78 is 0. The predicted octanol–water partition coefficient (Wildman–Crippen LogP) is 4.39. The van der Waals surface area contributed by atoms with Gasteiger partial charge >= 0.3 is 5.97 Å². The highest BCUT2D eigenvalue weighted by Gasteiger charge is 2.27. The molecule has 0 aromatic heterocycles. The summed E-state index contributed by atoms with van der Waals surface area (Å²) in [6.45, 7) is 2.09. The van der Waals surface area contributed by atoms with Gasteiger partial charge < -0.3 is 10.2 Å². The Balaban J connectivity index is 2.41. The maximum absolute atomic E-state index is 12.0. The molecule has 3 atom stereocenters. The molecule has 26 heavy (non-hydrogen) atoms. The van der Waals surface area contributed by atoms with Crippen LogP contribution in [-0.2, 0) is 9.59 Å². The zero-order chi connectivity index (χ0) is 19.2. The Kier molecular flexibility index (Phi) is 11.0. The van der Waals surface area contributed by atoms with Crippen molar-refractivity contribution in [1.82, 2.24) is 0 Å². The summed E-state index contributed by atoms with van der Waals surface area (Å²) in [4.78, 5) is 22.4. The molecule has 4 nitrogen and oxygen atoms in total. The van der Waals surface area contributed by atoms with E-state index in [9.17, 15) is 14.7 Å². The number of carbonyl (C=O) groups excluding carboxylic acids is 1. The molecule has 0 unspecified atom stereocenters. The largest absolute Gasteiger partial charge is 0.481 e. The van der Waals surface area contributed by atoms with Gasteiger partial charge in [-0.15, -0.1) is 0 Å². The van der Waals surface area contributed by atoms with Gasteiger partial charge in [0.05, 0.1) is 6.10 Å². The third kappa shape index (κ3) is 9.33. The number of aliphatic hydroxyl groups excluding tert-OH is 1. The molecule has 0 aromatic rings. The molecule has 1 aliphatic rings. The number of hydrogen-bond acceptors (Lipinski definition) is 3. The lowest BCUT2D eigenvalue weighted by Crippen LogP contribution is -2.14. The van der Waals surface area contributed by atoms with Crippen molar-refractivity contribution in [2.45, 2.75) is 51.6 Å². The van der Waals surface area contributed by atoms with Gasteiger partial charge in [0.2, 0.25) is 0 Å². The van der Waals surface area contributed by atoms with Gasteiger partial charge in [-0.3, -0.25) is 9.59 Å². The van der Waals surface area contributed by atoms with Crippen LogP contribution in [0.15, 0.2) is 60.8 Å². The number of rotatable bonds is 12. The van der Waals surface area contributed by atoms with E-state index in [1.807, 2.05) is 36.5 Å². The summed E-state index contributed by atoms with van der Waals surface area (Å²) in [7, 11) is 0. The Hall–Kier alpha value is -2.20. The summed E-state index contributed by atoms with van der Waals surface area (Å²) in [5.41, 5.74) is 0. The van der Waals surface area contributed by atoms with Crippen LogP contribution in [0.1, 0.15) is 45.4 Å². The standard InChI is InChI=1S/C22H30O4/c1-2-3-4-5-6-8-11-19(23)16-14-18-15-17-21(24)20(18)12-9-7-10-13-22(25)26/h3-4,6-9,14-20,23H,2,5,10-13H2,1H3,(H,25,26)/b4-3-,8-6-,9-7-,16-14+/t18-,19-,20+/m1/s1. The molecular weight excluding hydrogens is 328 g/mol. The smallest absolute Gasteiger partial charge is 0.303 e. The number of carboxylic acids is 1. The molecule has 0 saturated heterocycles. The molecule has 0 radical (unpaired) electrons. The van der Waals surface area contributed by atoms with E-state index in [2.05, 4.69) is 19.1 Å². The van der Waals surface area contributed by atoms with E-state index in [-0.39, 0.29) is 24.0 Å². The highest BCUT2D eigenvalue weighted by atomic mass is 16.4. The fourth-order valence-electron chi connectivity index (χ4n) is 2.70. The maximum Gasteiger partial charge on any atom is 0.303 e. The maximum atomic E-state index is 12.0. The second kappa shape index (κ2) is 13.1. The number of carboxylic acid groups (broad SMARTS) is 1. The van der Waals surface area contributed by atoms with Crippen LogP contribution >= 0.6 is 0 Å². The monoisotopic (exact) mass is 358 g/mol. The number of ketones is 1. The third-order valence-electron chi connectivity index (χ3n) is 4.17. The van der Waals surface area contributed by atoms with E-state index in [0.717, 1.165) is 12.8 Å². The fraction of sp³-hybridized carbons (Fsp3) is 0.455. The molecule has 1 aliphatic carbocycles. The summed E-state index contributed by atoms with van der Waals surface area (Å²) in [5, 5.41) is 18.6. The van der Waals surface area contributed by atoms with E-state index in [4.69, 9.17) is 5.11 Å². The molecule has 0 amide bonds. The molecule has 0 bridgehead atoms. The number of aliphatic carboxylic acids is 1. The number of carbonyl (C=O) groups is 2. The molecule has 0 saturated carbocycles. The normalized spacial score (nSPS) is 21.8. The minimum Gasteiger partial charge on any atom is -0.481 e. The van der Waals surface area contributed by atoms with Crippen molar-refractivity contribution in [3.05, 3.63) is 60.8 Å². The van der Waals surface area contributed by atoms with Crippen molar-refractivity contribution in [3.63, 3.8) is 0 Å². The van der Waals surface area contributed by atoms with E-state index in [0.29, 0.717) is 19.3 Å². The highest BCUT2D eigenvalue weighted by Crippen LogP contribution is 2.27. The van der Waals surface area contributed by atoms with Crippen LogP contribution in [-0.4, -0.2) is 28.1 Å². The van der Waals surface area contributed by atoms with Crippen molar-refractivity contribution >= 4 is 11.8 Å². The first-order valence-electron chi connectivity index (χ1n) is 9.29. The molecule has 0 fully saturated rings. The van der Waals surface area contributed by atoms with Crippen LogP contribution in [0.3, 0.4) is 0 Å². The quantitative estimate of drug-likeness (QED) is 0.507. The molecule has 4 heteroatoms. The van der Waals surface area contributed by atoms with Crippen molar-refractivity contribution < 1.29 is 19.8 Å². The summed E-state index contributed by atoms with van der Waals surface area (Å²) >= 11 is 0. The van der Waals surface area contributed by atoms with Crippen LogP contribution in [0.2, 0.25) is 0 Å². The van der Waals surface area contributed by atoms with E-state index in [1.165, 1.54) is 0 Å². The second-order valence-corrected chi connectivity index (χ2v) is 6.36. The average Bonchev–Trinajstić information content (AvgIpc) is 2.95. The first-order chi connectivity index (χ1) is 12.5. The Labute approximate surface area is 156 Å². The van der Waals surface area contributed by atoms with Gasteiger partial charge in [0.15, 0.2) is 5.78 Å². The zero-order valence-electron chi connectivity index (χ0n) is 15.5. The lowest BCUT2D eigenvalue weighted by molar-refractivity contribution is -0.136. The van der Waals surface area contributed by atoms with Crippen molar-refractivity contribution in [1.29, 1.82) is 0 Å². The van der Waals surface area contributed by atoms with Gasteiger partial charge in [-0.05, 0) is 38.2 Å². The van der Waals surface area contributed by atoms with Crippen LogP contribution < -0.4 is 0 Å². The van der Waals surface area contributed by atoms with Gasteiger partial charge in [0.25, 0.3) is 0 Å². The molecule has 142 valence electrons. The van der Waals surface area contributed by atoms with E-state index >= 15 is 0 Å². The van der Waals surface area contributed by atoms with Crippen molar-refractivity contribution in [3.8, 4) is 0 Å². The van der Waals surface area contributed by atoms with Gasteiger partial charge in [-0.2, -0.15) is 0 Å². The lowest BCUT2D eigenvalue weighted by Gasteiger charge is -2.13. The van der Waals surface area contributed by atoms with Gasteiger partial charge in [-0.25, -0.2) is 0 Å². The van der Waals surface area contributed by atoms with E-state index < -0.39 is 12.1 Å². The summed E-state index contributed by atoms with van der Waals surface area (Å²) in [6, 6.07) is 0. The molecular formula is C22H30O4. The first kappa shape index (κ1) is 21.8. The van der Waals surface area contributed by atoms with E-state index in [1.54, 1.807) is 12.2 Å². The lowest BCUT2D eigenvalue weighted by atomic mass is 9.90. The summed E-state index contributed by atoms with van der Waals surface area (Å²) in [6.07, 6.45) is 22.1. The number of aliphatic hydroxyl groups is 1. The zero-order valence-corrected chi connectivity index (χ0v) is 15.5. The Bertz CT molecular complexity index is 581. The van der Waals surface area contributed by atoms with Crippen LogP contribution in [0.5, 0.6) is 0 Å². The first-order valence-corrected chi connectivity index (χ1v) is 9.29. The second-order valence-electron chi connectivity index (χ2n) is 6.36. The van der Waals surface area contributed by atoms with Gasteiger partial charge in [-0.1, -0.05) is 61.6 Å². The molecule has 0 aromatic carbocycles. The van der Waals surface area contributed by atoms with Crippen molar-refractivity contribution in [2.24, 2.45) is 11.8 Å². The van der Waals surface area contributed by atoms with Gasteiger partial charge in [0.1, 0.15) is 0 Å². The van der Waals surface area contributed by atoms with Crippen LogP contribution in [0.4, 0.5) is 0 Å². The van der Waals surface area contributed by atoms with Crippen LogP contribution in [0.25, 0.3) is 0 Å². The fourth-order valence-corrected chi connectivity index (χ4v) is 2.70. The Morgan fingerprint density at radius 3 is 2.69 bits per heavy atom. The molecule has 0 heterocycles. The topological polar surface area (TPSA) is 74.6 Å². The SMILES string of the molecule is CC/C=C\C/C=C\C[C@@H](O)/C=C/[C@@H]1C=CC(=O)[C@H]1C/C=C\CCC(=O)O. The molecule has 2 N–H and O–H groups in total. The number of hydrogen-bond donors (Lipinski definition) is 2. The average molecular weight is 358 g/mol. The predicted molar refractivity (Wildman–Crippen MR) is 105 cm³/mol. The molecule has 0 aliphatic heterocycles. The minimum atomic E-state index is -0.821.